The lowest BCUT2D eigenvalue weighted by Gasteiger charge is -2.35. The predicted octanol–water partition coefficient (Wildman–Crippen LogP) is 2.13. The van der Waals surface area contributed by atoms with Crippen molar-refractivity contribution in [2.75, 3.05) is 26.3 Å². The molecule has 1 aromatic rings. The Morgan fingerprint density at radius 2 is 2.30 bits per heavy atom. The molecule has 2 rings (SSSR count). The Hall–Kier alpha value is -1.46. The van der Waals surface area contributed by atoms with Crippen LogP contribution >= 0.6 is 0 Å². The molecule has 0 aromatic heterocycles. The first-order chi connectivity index (χ1) is 9.58. The SMILES string of the molecule is CC(C)N1CCOC(COc2cc(F)cc(C=O)c2)C1. The number of benzene rings is 1. The fourth-order valence-electron chi connectivity index (χ4n) is 2.24. The molecule has 1 unspecified atom stereocenters. The number of hydrogen-bond donors (Lipinski definition) is 0. The van der Waals surface area contributed by atoms with Crippen LogP contribution < -0.4 is 4.74 Å². The van der Waals surface area contributed by atoms with Crippen molar-refractivity contribution in [2.24, 2.45) is 0 Å². The van der Waals surface area contributed by atoms with E-state index < -0.39 is 5.82 Å². The summed E-state index contributed by atoms with van der Waals surface area (Å²) in [5.74, 6) is -0.115. The Balaban J connectivity index is 1.91. The first kappa shape index (κ1) is 14.9. The molecule has 1 aliphatic rings. The second-order valence-electron chi connectivity index (χ2n) is 5.23. The third-order valence-electron chi connectivity index (χ3n) is 3.37. The summed E-state index contributed by atoms with van der Waals surface area (Å²) < 4.78 is 24.5. The minimum absolute atomic E-state index is 0.0332. The summed E-state index contributed by atoms with van der Waals surface area (Å²) in [5.41, 5.74) is 0.272. The zero-order valence-corrected chi connectivity index (χ0v) is 11.8. The maximum Gasteiger partial charge on any atom is 0.150 e. The molecule has 1 fully saturated rings. The molecule has 1 atom stereocenters. The normalized spacial score (nSPS) is 20.1. The lowest BCUT2D eigenvalue weighted by molar-refractivity contribution is -0.0564. The van der Waals surface area contributed by atoms with Gasteiger partial charge < -0.3 is 9.47 Å². The Kier molecular flexibility index (Phi) is 5.09. The van der Waals surface area contributed by atoms with Gasteiger partial charge in [0.05, 0.1) is 6.61 Å². The zero-order valence-electron chi connectivity index (χ0n) is 11.8. The average Bonchev–Trinajstić information content (AvgIpc) is 2.44. The van der Waals surface area contributed by atoms with Crippen molar-refractivity contribution in [2.45, 2.75) is 26.0 Å². The van der Waals surface area contributed by atoms with E-state index in [9.17, 15) is 9.18 Å². The van der Waals surface area contributed by atoms with E-state index in [1.165, 1.54) is 18.2 Å². The third kappa shape index (κ3) is 4.02. The number of aldehydes is 1. The summed E-state index contributed by atoms with van der Waals surface area (Å²) in [6.07, 6.45) is 0.571. The number of ether oxygens (including phenoxy) is 2. The number of carbonyl (C=O) groups excluding carboxylic acids is 1. The molecule has 0 radical (unpaired) electrons. The number of nitrogens with zero attached hydrogens (tertiary/aromatic N) is 1. The maximum atomic E-state index is 13.3. The number of morpholine rings is 1. The zero-order chi connectivity index (χ0) is 14.5. The van der Waals surface area contributed by atoms with Gasteiger partial charge in [0.1, 0.15) is 30.6 Å². The highest BCUT2D eigenvalue weighted by atomic mass is 19.1. The van der Waals surface area contributed by atoms with Crippen LogP contribution in [0, 0.1) is 5.82 Å². The molecular weight excluding hydrogens is 261 g/mol. The van der Waals surface area contributed by atoms with Crippen molar-refractivity contribution in [3.63, 3.8) is 0 Å². The fraction of sp³-hybridized carbons (Fsp3) is 0.533. The molecule has 110 valence electrons. The molecule has 1 aromatic carbocycles. The monoisotopic (exact) mass is 281 g/mol. The number of rotatable bonds is 5. The molecule has 0 bridgehead atoms. The van der Waals surface area contributed by atoms with Crippen molar-refractivity contribution in [1.29, 1.82) is 0 Å². The molecule has 0 aliphatic carbocycles. The van der Waals surface area contributed by atoms with Gasteiger partial charge in [0.25, 0.3) is 0 Å². The molecule has 0 spiro atoms. The highest BCUT2D eigenvalue weighted by Crippen LogP contribution is 2.17. The van der Waals surface area contributed by atoms with Gasteiger partial charge in [-0.2, -0.15) is 0 Å². The van der Waals surface area contributed by atoms with Crippen molar-refractivity contribution in [1.82, 2.24) is 4.90 Å². The van der Waals surface area contributed by atoms with E-state index in [0.29, 0.717) is 31.3 Å². The second-order valence-corrected chi connectivity index (χ2v) is 5.23. The fourth-order valence-corrected chi connectivity index (χ4v) is 2.24. The van der Waals surface area contributed by atoms with Crippen LogP contribution in [0.5, 0.6) is 5.75 Å². The van der Waals surface area contributed by atoms with E-state index >= 15 is 0 Å². The van der Waals surface area contributed by atoms with Crippen molar-refractivity contribution < 1.29 is 18.7 Å². The largest absolute Gasteiger partial charge is 0.491 e. The Labute approximate surface area is 118 Å². The number of hydrogen-bond acceptors (Lipinski definition) is 4. The molecule has 0 N–H and O–H groups in total. The molecule has 1 aliphatic heterocycles. The molecule has 1 heterocycles. The van der Waals surface area contributed by atoms with Crippen LogP contribution in [0.3, 0.4) is 0 Å². The van der Waals surface area contributed by atoms with Gasteiger partial charge in [-0.1, -0.05) is 0 Å². The molecular formula is C15H20FNO3. The van der Waals surface area contributed by atoms with Crippen molar-refractivity contribution >= 4 is 6.29 Å². The van der Waals surface area contributed by atoms with E-state index in [2.05, 4.69) is 18.7 Å². The lowest BCUT2D eigenvalue weighted by atomic mass is 10.2. The standard InChI is InChI=1S/C15H20FNO3/c1-11(2)17-3-4-19-15(8-17)10-20-14-6-12(9-18)5-13(16)7-14/h5-7,9,11,15H,3-4,8,10H2,1-2H3. The summed E-state index contributed by atoms with van der Waals surface area (Å²) >= 11 is 0. The van der Waals surface area contributed by atoms with Gasteiger partial charge in [-0.05, 0) is 26.0 Å². The van der Waals surface area contributed by atoms with Crippen LogP contribution in [0.25, 0.3) is 0 Å². The quantitative estimate of drug-likeness (QED) is 0.775. The van der Waals surface area contributed by atoms with Crippen molar-refractivity contribution in [3.05, 3.63) is 29.6 Å². The smallest absolute Gasteiger partial charge is 0.150 e. The van der Waals surface area contributed by atoms with E-state index in [1.807, 2.05) is 0 Å². The molecule has 5 heteroatoms. The minimum atomic E-state index is -0.474. The minimum Gasteiger partial charge on any atom is -0.491 e. The highest BCUT2D eigenvalue weighted by Gasteiger charge is 2.22. The Bertz CT molecular complexity index is 464. The van der Waals surface area contributed by atoms with Crippen LogP contribution in [-0.2, 0) is 4.74 Å². The van der Waals surface area contributed by atoms with Crippen LogP contribution in [0.15, 0.2) is 18.2 Å². The van der Waals surface area contributed by atoms with Gasteiger partial charge in [0.15, 0.2) is 0 Å². The van der Waals surface area contributed by atoms with E-state index in [-0.39, 0.29) is 11.7 Å². The summed E-state index contributed by atoms with van der Waals surface area (Å²) in [4.78, 5) is 13.0. The Morgan fingerprint density at radius 3 is 3.00 bits per heavy atom. The van der Waals surface area contributed by atoms with Crippen LogP contribution in [-0.4, -0.2) is 49.6 Å². The van der Waals surface area contributed by atoms with Crippen LogP contribution in [0.1, 0.15) is 24.2 Å². The number of halogens is 1. The van der Waals surface area contributed by atoms with Gasteiger partial charge in [0.2, 0.25) is 0 Å². The topological polar surface area (TPSA) is 38.8 Å². The van der Waals surface area contributed by atoms with Gasteiger partial charge >= 0.3 is 0 Å². The van der Waals surface area contributed by atoms with Gasteiger partial charge in [-0.3, -0.25) is 9.69 Å². The van der Waals surface area contributed by atoms with E-state index in [1.54, 1.807) is 0 Å². The summed E-state index contributed by atoms with van der Waals surface area (Å²) in [7, 11) is 0. The van der Waals surface area contributed by atoms with Crippen LogP contribution in [0.2, 0.25) is 0 Å². The summed E-state index contributed by atoms with van der Waals surface area (Å²) in [6.45, 7) is 7.04. The molecule has 1 saturated heterocycles. The average molecular weight is 281 g/mol. The first-order valence-corrected chi connectivity index (χ1v) is 6.82. The Morgan fingerprint density at radius 1 is 1.50 bits per heavy atom. The predicted molar refractivity (Wildman–Crippen MR) is 73.7 cm³/mol. The summed E-state index contributed by atoms with van der Waals surface area (Å²) in [5, 5.41) is 0. The molecule has 20 heavy (non-hydrogen) atoms. The summed E-state index contributed by atoms with van der Waals surface area (Å²) in [6, 6.07) is 4.45. The van der Waals surface area contributed by atoms with Gasteiger partial charge in [-0.25, -0.2) is 4.39 Å². The maximum absolute atomic E-state index is 13.3. The van der Waals surface area contributed by atoms with Gasteiger partial charge in [0, 0.05) is 30.8 Å². The van der Waals surface area contributed by atoms with Crippen LogP contribution in [0.4, 0.5) is 4.39 Å². The molecule has 0 saturated carbocycles. The molecule has 0 amide bonds. The molecule has 4 nitrogen and oxygen atoms in total. The lowest BCUT2D eigenvalue weighted by Crippen LogP contribution is -2.47. The third-order valence-corrected chi connectivity index (χ3v) is 3.37. The highest BCUT2D eigenvalue weighted by molar-refractivity contribution is 5.75. The number of carbonyl (C=O) groups is 1. The van der Waals surface area contributed by atoms with Gasteiger partial charge in [-0.15, -0.1) is 0 Å². The van der Waals surface area contributed by atoms with E-state index in [0.717, 1.165) is 13.1 Å². The van der Waals surface area contributed by atoms with Crippen molar-refractivity contribution in [3.8, 4) is 5.75 Å². The second kappa shape index (κ2) is 6.81. The first-order valence-electron chi connectivity index (χ1n) is 6.82. The van der Waals surface area contributed by atoms with E-state index in [4.69, 9.17) is 9.47 Å².